The average Bonchev–Trinajstić information content (AvgIpc) is 1.63. The van der Waals surface area contributed by atoms with Crippen LogP contribution >= 0.6 is 0 Å². The minimum absolute atomic E-state index is 0.309. The minimum atomic E-state index is -0.410. The predicted molar refractivity (Wildman–Crippen MR) is 32.4 cm³/mol. The molecule has 0 aliphatic heterocycles. The average molecular weight is 135 g/mol. The van der Waals surface area contributed by atoms with Crippen LogP contribution in [0, 0.1) is 5.21 Å². The molecule has 4 nitrogen and oxygen atoms in total. The molecule has 0 rings (SSSR count). The van der Waals surface area contributed by atoms with Gasteiger partial charge in [0.25, 0.3) is 0 Å². The predicted octanol–water partition coefficient (Wildman–Crippen LogP) is -0.687. The highest BCUT2D eigenvalue weighted by molar-refractivity contribution is 4.21. The summed E-state index contributed by atoms with van der Waals surface area (Å²) in [5.74, 6) is 0. The van der Waals surface area contributed by atoms with E-state index in [1.807, 2.05) is 6.92 Å². The summed E-state index contributed by atoms with van der Waals surface area (Å²) in [4.78, 5) is 4.63. The normalized spacial score (nSPS) is 17.3. The van der Waals surface area contributed by atoms with Crippen LogP contribution in [-0.2, 0) is 9.57 Å². The number of quaternary nitrogens is 1. The Morgan fingerprint density at radius 3 is 2.56 bits per heavy atom. The van der Waals surface area contributed by atoms with Crippen LogP contribution < -0.4 is 5.23 Å². The molecular weight excluding hydrogens is 122 g/mol. The van der Waals surface area contributed by atoms with E-state index in [1.165, 1.54) is 7.05 Å². The summed E-state index contributed by atoms with van der Waals surface area (Å²) in [6, 6.07) is 0. The van der Waals surface area contributed by atoms with Gasteiger partial charge in [0.1, 0.15) is 0 Å². The summed E-state index contributed by atoms with van der Waals surface area (Å²) >= 11 is 0. The van der Waals surface area contributed by atoms with Crippen LogP contribution in [0.25, 0.3) is 0 Å². The van der Waals surface area contributed by atoms with E-state index >= 15 is 0 Å². The van der Waals surface area contributed by atoms with Crippen molar-refractivity contribution in [1.29, 1.82) is 0 Å². The van der Waals surface area contributed by atoms with Crippen LogP contribution in [0.4, 0.5) is 0 Å². The highest BCUT2D eigenvalue weighted by Gasteiger charge is 2.01. The molecule has 0 aliphatic rings. The molecule has 0 fully saturated rings. The summed E-state index contributed by atoms with van der Waals surface area (Å²) in [5, 5.41) is 9.92. The van der Waals surface area contributed by atoms with Gasteiger partial charge in [-0.05, 0) is 13.8 Å². The second kappa shape index (κ2) is 4.69. The Balaban J connectivity index is 3.15. The fourth-order valence-corrected chi connectivity index (χ4v) is 0.502. The highest BCUT2D eigenvalue weighted by atomic mass is 16.9. The van der Waals surface area contributed by atoms with E-state index in [0.717, 1.165) is 0 Å². The minimum Gasteiger partial charge on any atom is -0.600 e. The number of nitrogens with one attached hydrogen (secondary N) is 1. The number of ether oxygens (including phenoxy) is 1. The van der Waals surface area contributed by atoms with E-state index in [9.17, 15) is 5.21 Å². The third-order valence-corrected chi connectivity index (χ3v) is 0.733. The van der Waals surface area contributed by atoms with Crippen LogP contribution in [0.2, 0.25) is 0 Å². The lowest BCUT2D eigenvalue weighted by Gasteiger charge is -2.18. The molecule has 0 aliphatic carbocycles. The Morgan fingerprint density at radius 1 is 1.67 bits per heavy atom. The monoisotopic (exact) mass is 135 g/mol. The maximum Gasteiger partial charge on any atom is 0.212 e. The molecular formula is C5H13NO3. The van der Waals surface area contributed by atoms with Crippen molar-refractivity contribution in [3.05, 3.63) is 5.21 Å². The van der Waals surface area contributed by atoms with Crippen molar-refractivity contribution in [1.82, 2.24) is 0 Å². The quantitative estimate of drug-likeness (QED) is 0.410. The first-order valence-corrected chi connectivity index (χ1v) is 2.95. The molecule has 0 spiro atoms. The summed E-state index contributed by atoms with van der Waals surface area (Å²) in [6.45, 7) is 4.10. The maximum absolute atomic E-state index is 10.2. The summed E-state index contributed by atoms with van der Waals surface area (Å²) in [5.41, 5.74) is 0. The fourth-order valence-electron chi connectivity index (χ4n) is 0.502. The largest absolute Gasteiger partial charge is 0.600 e. The Morgan fingerprint density at radius 2 is 2.22 bits per heavy atom. The molecule has 4 heteroatoms. The number of hydrogen-bond acceptors (Lipinski definition) is 3. The second-order valence-corrected chi connectivity index (χ2v) is 1.63. The zero-order chi connectivity index (χ0) is 7.28. The van der Waals surface area contributed by atoms with Crippen molar-refractivity contribution < 1.29 is 14.8 Å². The third kappa shape index (κ3) is 5.72. The Bertz CT molecular complexity index is 67.2. The van der Waals surface area contributed by atoms with Gasteiger partial charge < -0.3 is 9.94 Å². The fraction of sp³-hybridized carbons (Fsp3) is 1.00. The highest BCUT2D eigenvalue weighted by Crippen LogP contribution is 1.85. The summed E-state index contributed by atoms with van der Waals surface area (Å²) < 4.78 is 4.91. The van der Waals surface area contributed by atoms with Crippen LogP contribution in [-0.4, -0.2) is 19.9 Å². The van der Waals surface area contributed by atoms with Crippen molar-refractivity contribution in [2.24, 2.45) is 0 Å². The van der Waals surface area contributed by atoms with E-state index in [2.05, 4.69) is 4.84 Å². The van der Waals surface area contributed by atoms with Crippen LogP contribution in [0.1, 0.15) is 13.8 Å². The number of hydrogen-bond donors (Lipinski definition) is 1. The van der Waals surface area contributed by atoms with Crippen molar-refractivity contribution >= 4 is 0 Å². The van der Waals surface area contributed by atoms with Gasteiger partial charge in [-0.15, -0.1) is 0 Å². The van der Waals surface area contributed by atoms with Crippen molar-refractivity contribution in [2.75, 3.05) is 13.7 Å². The van der Waals surface area contributed by atoms with Gasteiger partial charge in [0.2, 0.25) is 6.29 Å². The Kier molecular flexibility index (Phi) is 4.61. The maximum atomic E-state index is 10.2. The number of hydroxylamine groups is 2. The molecule has 0 saturated carbocycles. The van der Waals surface area contributed by atoms with Crippen LogP contribution in [0.15, 0.2) is 0 Å². The number of rotatable bonds is 4. The zero-order valence-electron chi connectivity index (χ0n) is 6.01. The molecule has 0 heterocycles. The van der Waals surface area contributed by atoms with E-state index in [1.54, 1.807) is 6.92 Å². The van der Waals surface area contributed by atoms with Gasteiger partial charge >= 0.3 is 0 Å². The SMILES string of the molecule is CCOC(C)O[NH+](C)[O-]. The molecule has 1 N–H and O–H groups in total. The van der Waals surface area contributed by atoms with Crippen molar-refractivity contribution in [2.45, 2.75) is 20.1 Å². The summed E-state index contributed by atoms with van der Waals surface area (Å²) in [6.07, 6.45) is -0.410. The topological polar surface area (TPSA) is 46.0 Å². The van der Waals surface area contributed by atoms with Gasteiger partial charge in [0.05, 0.1) is 7.05 Å². The Labute approximate surface area is 54.9 Å². The summed E-state index contributed by atoms with van der Waals surface area (Å²) in [7, 11) is 1.36. The molecule has 56 valence electrons. The lowest BCUT2D eigenvalue weighted by atomic mass is 10.7. The van der Waals surface area contributed by atoms with Crippen molar-refractivity contribution in [3.8, 4) is 0 Å². The van der Waals surface area contributed by atoms with Gasteiger partial charge in [-0.1, -0.05) is 0 Å². The first-order valence-electron chi connectivity index (χ1n) is 2.95. The molecule has 2 unspecified atom stereocenters. The first kappa shape index (κ1) is 8.84. The Hall–Kier alpha value is -0.160. The van der Waals surface area contributed by atoms with Crippen LogP contribution in [0.3, 0.4) is 0 Å². The first-order chi connectivity index (χ1) is 4.16. The van der Waals surface area contributed by atoms with E-state index in [-0.39, 0.29) is 5.23 Å². The zero-order valence-corrected chi connectivity index (χ0v) is 6.01. The van der Waals surface area contributed by atoms with Gasteiger partial charge in [0.15, 0.2) is 0 Å². The molecule has 0 bridgehead atoms. The standard InChI is InChI=1S/C5H13NO3/c1-4-8-5(2)9-6(3)7/h5-6H,4H2,1-3H3. The molecule has 0 saturated heterocycles. The molecule has 0 aromatic carbocycles. The van der Waals surface area contributed by atoms with Crippen molar-refractivity contribution in [3.63, 3.8) is 0 Å². The molecule has 0 aromatic heterocycles. The molecule has 0 aromatic rings. The molecule has 0 radical (unpaired) electrons. The van der Waals surface area contributed by atoms with Gasteiger partial charge in [-0.3, -0.25) is 0 Å². The van der Waals surface area contributed by atoms with Gasteiger partial charge in [0, 0.05) is 6.61 Å². The second-order valence-electron chi connectivity index (χ2n) is 1.63. The van der Waals surface area contributed by atoms with Crippen LogP contribution in [0.5, 0.6) is 0 Å². The van der Waals surface area contributed by atoms with E-state index in [0.29, 0.717) is 6.61 Å². The van der Waals surface area contributed by atoms with Gasteiger partial charge in [-0.25, -0.2) is 5.23 Å². The van der Waals surface area contributed by atoms with Gasteiger partial charge in [-0.2, -0.15) is 4.84 Å². The smallest absolute Gasteiger partial charge is 0.212 e. The molecule has 2 atom stereocenters. The lowest BCUT2D eigenvalue weighted by molar-refractivity contribution is -1.05. The molecule has 0 amide bonds. The van der Waals surface area contributed by atoms with E-state index in [4.69, 9.17) is 4.74 Å². The third-order valence-electron chi connectivity index (χ3n) is 0.733. The lowest BCUT2D eigenvalue weighted by Crippen LogP contribution is -3.03. The van der Waals surface area contributed by atoms with E-state index < -0.39 is 6.29 Å². The molecule has 9 heavy (non-hydrogen) atoms.